The van der Waals surface area contributed by atoms with Crippen molar-refractivity contribution >= 4 is 5.69 Å². The van der Waals surface area contributed by atoms with Crippen molar-refractivity contribution in [3.05, 3.63) is 52.3 Å². The predicted molar refractivity (Wildman–Crippen MR) is 74.0 cm³/mol. The van der Waals surface area contributed by atoms with Crippen molar-refractivity contribution in [2.75, 3.05) is 0 Å². The van der Waals surface area contributed by atoms with Gasteiger partial charge in [-0.2, -0.15) is 0 Å². The van der Waals surface area contributed by atoms with Crippen molar-refractivity contribution in [2.45, 2.75) is 25.4 Å². The number of hydrogen-bond acceptors (Lipinski definition) is 5. The third kappa shape index (κ3) is 2.80. The molecule has 0 unspecified atom stereocenters. The van der Waals surface area contributed by atoms with E-state index >= 15 is 0 Å². The van der Waals surface area contributed by atoms with E-state index in [1.54, 1.807) is 30.6 Å². The predicted octanol–water partition coefficient (Wildman–Crippen LogP) is 2.30. The van der Waals surface area contributed by atoms with Gasteiger partial charge >= 0.3 is 0 Å². The Morgan fingerprint density at radius 1 is 1.25 bits per heavy atom. The van der Waals surface area contributed by atoms with Crippen molar-refractivity contribution < 1.29 is 4.92 Å². The molecule has 1 saturated carbocycles. The molecule has 6 heteroatoms. The highest BCUT2D eigenvalue weighted by atomic mass is 16.6. The van der Waals surface area contributed by atoms with Gasteiger partial charge in [-0.3, -0.25) is 10.1 Å². The second-order valence-electron chi connectivity index (χ2n) is 4.84. The number of nitro benzene ring substituents is 1. The minimum absolute atomic E-state index is 0.0244. The van der Waals surface area contributed by atoms with E-state index in [4.69, 9.17) is 0 Å². The van der Waals surface area contributed by atoms with Crippen LogP contribution in [0.3, 0.4) is 0 Å². The van der Waals surface area contributed by atoms with Gasteiger partial charge in [-0.25, -0.2) is 9.97 Å². The molecule has 2 aromatic rings. The monoisotopic (exact) mass is 270 g/mol. The van der Waals surface area contributed by atoms with Crippen LogP contribution in [0.2, 0.25) is 0 Å². The molecule has 1 aliphatic carbocycles. The zero-order valence-corrected chi connectivity index (χ0v) is 10.8. The fourth-order valence-electron chi connectivity index (χ4n) is 1.96. The average Bonchev–Trinajstić information content (AvgIpc) is 3.30. The van der Waals surface area contributed by atoms with Crippen molar-refractivity contribution in [3.8, 4) is 11.4 Å². The second kappa shape index (κ2) is 5.34. The van der Waals surface area contributed by atoms with Crippen LogP contribution in [0.25, 0.3) is 11.4 Å². The lowest BCUT2D eigenvalue weighted by atomic mass is 10.1. The first kappa shape index (κ1) is 12.7. The van der Waals surface area contributed by atoms with Gasteiger partial charge in [0.2, 0.25) is 0 Å². The molecular weight excluding hydrogens is 256 g/mol. The normalized spacial score (nSPS) is 14.2. The SMILES string of the molecule is O=[N+]([O-])c1ccccc1-c1ncc(CNC2CC2)cn1. The van der Waals surface area contributed by atoms with Crippen molar-refractivity contribution in [1.29, 1.82) is 0 Å². The van der Waals surface area contributed by atoms with Gasteiger partial charge in [0.25, 0.3) is 5.69 Å². The van der Waals surface area contributed by atoms with Crippen LogP contribution >= 0.6 is 0 Å². The Morgan fingerprint density at radius 2 is 1.95 bits per heavy atom. The summed E-state index contributed by atoms with van der Waals surface area (Å²) in [6, 6.07) is 7.13. The van der Waals surface area contributed by atoms with Gasteiger partial charge in [-0.15, -0.1) is 0 Å². The Bertz CT molecular complexity index is 623. The quantitative estimate of drug-likeness (QED) is 0.666. The van der Waals surface area contributed by atoms with Gasteiger partial charge in [-0.05, 0) is 18.9 Å². The first-order valence-electron chi connectivity index (χ1n) is 6.52. The highest BCUT2D eigenvalue weighted by Crippen LogP contribution is 2.26. The van der Waals surface area contributed by atoms with Crippen LogP contribution in [-0.2, 0) is 6.54 Å². The summed E-state index contributed by atoms with van der Waals surface area (Å²) in [5, 5.41) is 14.4. The number of benzene rings is 1. The molecule has 1 N–H and O–H groups in total. The van der Waals surface area contributed by atoms with Crippen molar-refractivity contribution in [1.82, 2.24) is 15.3 Å². The number of nitrogens with zero attached hydrogens (tertiary/aromatic N) is 3. The van der Waals surface area contributed by atoms with Crippen LogP contribution in [0.5, 0.6) is 0 Å². The van der Waals surface area contributed by atoms with E-state index in [0.29, 0.717) is 17.4 Å². The number of para-hydroxylation sites is 1. The topological polar surface area (TPSA) is 81.0 Å². The molecule has 1 aromatic carbocycles. The van der Waals surface area contributed by atoms with Crippen LogP contribution in [0.1, 0.15) is 18.4 Å². The highest BCUT2D eigenvalue weighted by Gasteiger charge is 2.20. The summed E-state index contributed by atoms with van der Waals surface area (Å²) < 4.78 is 0. The number of aromatic nitrogens is 2. The van der Waals surface area contributed by atoms with Crippen LogP contribution in [0.15, 0.2) is 36.7 Å². The van der Waals surface area contributed by atoms with Gasteiger partial charge in [-0.1, -0.05) is 12.1 Å². The third-order valence-electron chi connectivity index (χ3n) is 3.22. The first-order valence-corrected chi connectivity index (χ1v) is 6.52. The van der Waals surface area contributed by atoms with E-state index in [-0.39, 0.29) is 5.69 Å². The lowest BCUT2D eigenvalue weighted by molar-refractivity contribution is -0.384. The van der Waals surface area contributed by atoms with Crippen molar-refractivity contribution in [3.63, 3.8) is 0 Å². The standard InChI is InChI=1S/C14H14N4O2/c19-18(20)13-4-2-1-3-12(13)14-16-8-10(9-17-14)7-15-11-5-6-11/h1-4,8-9,11,15H,5-7H2. The molecule has 0 aliphatic heterocycles. The van der Waals surface area contributed by atoms with E-state index in [2.05, 4.69) is 15.3 Å². The molecule has 0 saturated heterocycles. The molecule has 6 nitrogen and oxygen atoms in total. The maximum atomic E-state index is 11.0. The largest absolute Gasteiger partial charge is 0.310 e. The summed E-state index contributed by atoms with van der Waals surface area (Å²) >= 11 is 0. The molecule has 0 spiro atoms. The van der Waals surface area contributed by atoms with E-state index in [1.165, 1.54) is 18.9 Å². The number of nitrogens with one attached hydrogen (secondary N) is 1. The Morgan fingerprint density at radius 3 is 2.60 bits per heavy atom. The summed E-state index contributed by atoms with van der Waals surface area (Å²) in [6.07, 6.45) is 5.90. The molecular formula is C14H14N4O2. The smallest absolute Gasteiger partial charge is 0.280 e. The summed E-state index contributed by atoms with van der Waals surface area (Å²) in [5.74, 6) is 0.382. The molecule has 1 fully saturated rings. The number of hydrogen-bond donors (Lipinski definition) is 1. The molecule has 0 bridgehead atoms. The summed E-state index contributed by atoms with van der Waals surface area (Å²) in [6.45, 7) is 0.738. The van der Waals surface area contributed by atoms with Gasteiger partial charge in [0.1, 0.15) is 0 Å². The van der Waals surface area contributed by atoms with Crippen molar-refractivity contribution in [2.24, 2.45) is 0 Å². The Kier molecular flexibility index (Phi) is 3.39. The fourth-order valence-corrected chi connectivity index (χ4v) is 1.96. The molecule has 1 heterocycles. The number of nitro groups is 1. The lowest BCUT2D eigenvalue weighted by Gasteiger charge is -2.04. The maximum Gasteiger partial charge on any atom is 0.280 e. The molecule has 1 aromatic heterocycles. The van der Waals surface area contributed by atoms with Crippen LogP contribution in [-0.4, -0.2) is 20.9 Å². The Balaban J connectivity index is 1.81. The zero-order valence-electron chi connectivity index (χ0n) is 10.8. The minimum atomic E-state index is -0.415. The van der Waals surface area contributed by atoms with Crippen LogP contribution in [0, 0.1) is 10.1 Å². The van der Waals surface area contributed by atoms with Gasteiger partial charge in [0.05, 0.1) is 10.5 Å². The molecule has 0 amide bonds. The van der Waals surface area contributed by atoms with Crippen LogP contribution < -0.4 is 5.32 Å². The minimum Gasteiger partial charge on any atom is -0.310 e. The molecule has 3 rings (SSSR count). The third-order valence-corrected chi connectivity index (χ3v) is 3.22. The summed E-state index contributed by atoms with van der Waals surface area (Å²) in [7, 11) is 0. The second-order valence-corrected chi connectivity index (χ2v) is 4.84. The molecule has 1 aliphatic rings. The van der Waals surface area contributed by atoms with E-state index in [1.807, 2.05) is 0 Å². The van der Waals surface area contributed by atoms with E-state index in [9.17, 15) is 10.1 Å². The Hall–Kier alpha value is -2.34. The highest BCUT2D eigenvalue weighted by molar-refractivity contribution is 5.67. The summed E-state index contributed by atoms with van der Waals surface area (Å²) in [5.41, 5.74) is 1.45. The molecule has 0 radical (unpaired) electrons. The lowest BCUT2D eigenvalue weighted by Crippen LogP contribution is -2.15. The molecule has 102 valence electrons. The molecule has 20 heavy (non-hydrogen) atoms. The molecule has 0 atom stereocenters. The fraction of sp³-hybridized carbons (Fsp3) is 0.286. The van der Waals surface area contributed by atoms with E-state index < -0.39 is 4.92 Å². The average molecular weight is 270 g/mol. The first-order chi connectivity index (χ1) is 9.74. The van der Waals surface area contributed by atoms with Crippen LogP contribution in [0.4, 0.5) is 5.69 Å². The number of rotatable bonds is 5. The van der Waals surface area contributed by atoms with Gasteiger partial charge < -0.3 is 5.32 Å². The maximum absolute atomic E-state index is 11.0. The summed E-state index contributed by atoms with van der Waals surface area (Å²) in [4.78, 5) is 19.0. The van der Waals surface area contributed by atoms with E-state index in [0.717, 1.165) is 12.1 Å². The van der Waals surface area contributed by atoms with Gasteiger partial charge in [0, 0.05) is 36.6 Å². The zero-order chi connectivity index (χ0) is 13.9. The van der Waals surface area contributed by atoms with Gasteiger partial charge in [0.15, 0.2) is 5.82 Å². The Labute approximate surface area is 116 Å².